The van der Waals surface area contributed by atoms with E-state index in [9.17, 15) is 45.6 Å². The van der Waals surface area contributed by atoms with Gasteiger partial charge in [0.2, 0.25) is 0 Å². The van der Waals surface area contributed by atoms with E-state index < -0.39 is 72.4 Å². The Kier molecular flexibility index (Phi) is 9.99. The highest BCUT2D eigenvalue weighted by Gasteiger charge is 2.64. The number of ether oxygens (including phenoxy) is 1. The van der Waals surface area contributed by atoms with Gasteiger partial charge in [-0.25, -0.2) is 14.7 Å². The summed E-state index contributed by atoms with van der Waals surface area (Å²) in [5.74, 6) is -2.66. The lowest BCUT2D eigenvalue weighted by Crippen LogP contribution is -2.47. The SMILES string of the molecule is CC(C)(C)C[C@]1(c2ccc(-c3cnn(C(F)F)c3)cc2)N=C(N)N([C@H](COC(=O)CC2(C(F)(F)F)CC2)c2ccc(C#N)c(-c3ncnn3C(F)F)c2)C1=O. The summed E-state index contributed by atoms with van der Waals surface area (Å²) in [5, 5.41) is 17.0. The molecule has 6 rings (SSSR count). The number of carbonyl (C=O) groups excluding carboxylic acids is 2. The van der Waals surface area contributed by atoms with Crippen LogP contribution in [0.15, 0.2) is 66.2 Å². The second-order valence-electron chi connectivity index (χ2n) is 14.7. The van der Waals surface area contributed by atoms with Crippen molar-refractivity contribution in [2.45, 2.75) is 77.3 Å². The van der Waals surface area contributed by atoms with E-state index in [1.54, 1.807) is 24.3 Å². The number of aromatic nitrogens is 5. The predicted octanol–water partition coefficient (Wildman–Crippen LogP) is 7.28. The zero-order valence-electron chi connectivity index (χ0n) is 29.6. The number of halogens is 7. The second kappa shape index (κ2) is 14.1. The summed E-state index contributed by atoms with van der Waals surface area (Å²) in [6.07, 6.45) is -2.80. The van der Waals surface area contributed by atoms with Gasteiger partial charge in [0, 0.05) is 17.3 Å². The number of hydrogen-bond donors (Lipinski definition) is 1. The van der Waals surface area contributed by atoms with Gasteiger partial charge in [-0.1, -0.05) is 51.1 Å². The first kappa shape index (κ1) is 38.9. The van der Waals surface area contributed by atoms with E-state index in [1.165, 1.54) is 24.4 Å². The van der Waals surface area contributed by atoms with Crippen LogP contribution in [-0.2, 0) is 19.9 Å². The van der Waals surface area contributed by atoms with Crippen LogP contribution in [0.4, 0.5) is 30.7 Å². The van der Waals surface area contributed by atoms with E-state index in [0.29, 0.717) is 21.4 Å². The molecule has 3 heterocycles. The van der Waals surface area contributed by atoms with Crippen molar-refractivity contribution in [3.05, 3.63) is 77.9 Å². The third-order valence-electron chi connectivity index (χ3n) is 9.61. The first-order chi connectivity index (χ1) is 25.8. The quantitative estimate of drug-likeness (QED) is 0.116. The summed E-state index contributed by atoms with van der Waals surface area (Å²) < 4.78 is 101. The number of carbonyl (C=O) groups is 2. The molecule has 290 valence electrons. The van der Waals surface area contributed by atoms with E-state index in [-0.39, 0.29) is 46.6 Å². The van der Waals surface area contributed by atoms with Crippen LogP contribution in [0.3, 0.4) is 0 Å². The third-order valence-corrected chi connectivity index (χ3v) is 9.61. The number of hydrogen-bond acceptors (Lipinski definition) is 9. The third kappa shape index (κ3) is 7.49. The first-order valence-electron chi connectivity index (χ1n) is 16.9. The molecule has 1 saturated carbocycles. The number of guanidine groups is 1. The number of esters is 1. The van der Waals surface area contributed by atoms with E-state index >= 15 is 0 Å². The number of benzene rings is 2. The van der Waals surface area contributed by atoms with Gasteiger partial charge in [-0.2, -0.15) is 50.9 Å². The maximum absolute atomic E-state index is 14.9. The normalized spacial score (nSPS) is 18.8. The smallest absolute Gasteiger partial charge is 0.395 e. The van der Waals surface area contributed by atoms with Crippen LogP contribution in [0.5, 0.6) is 0 Å². The van der Waals surface area contributed by atoms with Crippen LogP contribution >= 0.6 is 0 Å². The molecule has 12 nitrogen and oxygen atoms in total. The molecule has 1 fully saturated rings. The van der Waals surface area contributed by atoms with Crippen LogP contribution in [-0.4, -0.2) is 60.1 Å². The highest BCUT2D eigenvalue weighted by Crippen LogP contribution is 2.60. The van der Waals surface area contributed by atoms with Crippen molar-refractivity contribution >= 4 is 17.8 Å². The molecule has 2 N–H and O–H groups in total. The molecule has 0 saturated heterocycles. The molecule has 0 unspecified atom stereocenters. The fourth-order valence-corrected chi connectivity index (χ4v) is 6.77. The maximum atomic E-state index is 14.9. The zero-order valence-corrected chi connectivity index (χ0v) is 29.6. The van der Waals surface area contributed by atoms with Crippen LogP contribution in [0.2, 0.25) is 0 Å². The van der Waals surface area contributed by atoms with Crippen molar-refractivity contribution in [3.63, 3.8) is 0 Å². The fraction of sp³-hybridized carbons (Fsp3) is 0.417. The minimum atomic E-state index is -4.65. The van der Waals surface area contributed by atoms with Gasteiger partial charge in [0.25, 0.3) is 5.91 Å². The second-order valence-corrected chi connectivity index (χ2v) is 14.7. The van der Waals surface area contributed by atoms with Crippen molar-refractivity contribution in [1.82, 2.24) is 29.4 Å². The number of amides is 1. The van der Waals surface area contributed by atoms with Gasteiger partial charge in [0.1, 0.15) is 12.9 Å². The standard InChI is InChI=1S/C36H34F7N9O3/c1-33(2,3)18-35(24-8-6-20(7-9-24)23-15-47-50(16-23)30(37)38)29(54)51(32(45)49-35)26(17-55-27(53)13-34(10-11-34)36(41,42)43)21-4-5-22(14-44)25(12-21)28-46-19-48-52(28)31(39)40/h4-9,12,15-16,19,26,30-31H,10-11,13,17-18H2,1-3H3,(H2,45,49)/t26-,35-/m1/s1. The summed E-state index contributed by atoms with van der Waals surface area (Å²) in [5.41, 5.74) is 3.08. The number of alkyl halides is 7. The van der Waals surface area contributed by atoms with Crippen molar-refractivity contribution in [2.75, 3.05) is 6.61 Å². The average Bonchev–Trinajstić information content (AvgIpc) is 3.42. The largest absolute Gasteiger partial charge is 0.463 e. The average molecular weight is 774 g/mol. The zero-order chi connectivity index (χ0) is 40.1. The Morgan fingerprint density at radius 2 is 1.71 bits per heavy atom. The first-order valence-corrected chi connectivity index (χ1v) is 16.9. The summed E-state index contributed by atoms with van der Waals surface area (Å²) in [6.45, 7) is -1.19. The lowest BCUT2D eigenvalue weighted by Gasteiger charge is -2.35. The molecule has 1 aliphatic carbocycles. The fourth-order valence-electron chi connectivity index (χ4n) is 6.77. The molecule has 2 atom stereocenters. The molecule has 0 spiro atoms. The molecule has 0 radical (unpaired) electrons. The predicted molar refractivity (Wildman–Crippen MR) is 181 cm³/mol. The number of nitrogens with zero attached hydrogens (tertiary/aromatic N) is 8. The molecular formula is C36H34F7N9O3. The van der Waals surface area contributed by atoms with Gasteiger partial charge < -0.3 is 10.5 Å². The van der Waals surface area contributed by atoms with Crippen LogP contribution in [0.25, 0.3) is 22.5 Å². The summed E-state index contributed by atoms with van der Waals surface area (Å²) in [4.78, 5) is 37.5. The highest BCUT2D eigenvalue weighted by molar-refractivity contribution is 6.07. The monoisotopic (exact) mass is 773 g/mol. The molecule has 1 amide bonds. The van der Waals surface area contributed by atoms with Crippen molar-refractivity contribution in [1.29, 1.82) is 5.26 Å². The number of nitrogens with two attached hydrogens (primary N) is 1. The van der Waals surface area contributed by atoms with Crippen molar-refractivity contribution < 1.29 is 45.1 Å². The van der Waals surface area contributed by atoms with E-state index in [1.807, 2.05) is 26.8 Å². The van der Waals surface area contributed by atoms with Crippen molar-refractivity contribution in [3.8, 4) is 28.6 Å². The highest BCUT2D eigenvalue weighted by atomic mass is 19.4. The molecule has 0 bridgehead atoms. The van der Waals surface area contributed by atoms with Gasteiger partial charge in [0.15, 0.2) is 17.3 Å². The van der Waals surface area contributed by atoms with Crippen molar-refractivity contribution in [2.24, 2.45) is 21.6 Å². The topological polar surface area (TPSA) is 157 Å². The maximum Gasteiger partial charge on any atom is 0.395 e. The summed E-state index contributed by atoms with van der Waals surface area (Å²) in [7, 11) is 0. The minimum Gasteiger partial charge on any atom is -0.463 e. The van der Waals surface area contributed by atoms with Gasteiger partial charge in [-0.3, -0.25) is 14.5 Å². The molecule has 4 aromatic rings. The van der Waals surface area contributed by atoms with Crippen LogP contribution in [0.1, 0.15) is 82.3 Å². The Balaban J connectivity index is 1.42. The molecule has 1 aliphatic heterocycles. The molecule has 2 aromatic carbocycles. The summed E-state index contributed by atoms with van der Waals surface area (Å²) in [6, 6.07) is 10.7. The Labute approximate surface area is 309 Å². The van der Waals surface area contributed by atoms with Crippen LogP contribution < -0.4 is 5.73 Å². The number of nitriles is 1. The lowest BCUT2D eigenvalue weighted by atomic mass is 9.75. The molecule has 2 aliphatic rings. The lowest BCUT2D eigenvalue weighted by molar-refractivity contribution is -0.195. The van der Waals surface area contributed by atoms with E-state index in [2.05, 4.69) is 20.2 Å². The Hall–Kier alpha value is -5.80. The van der Waals surface area contributed by atoms with Gasteiger partial charge >= 0.3 is 25.2 Å². The Bertz CT molecular complexity index is 2160. The Morgan fingerprint density at radius 3 is 2.27 bits per heavy atom. The molecule has 2 aromatic heterocycles. The molecular weight excluding hydrogens is 739 g/mol. The number of rotatable bonds is 12. The summed E-state index contributed by atoms with van der Waals surface area (Å²) >= 11 is 0. The van der Waals surface area contributed by atoms with Crippen LogP contribution in [0, 0.1) is 22.2 Å². The number of aliphatic imine (C=N–C) groups is 1. The van der Waals surface area contributed by atoms with E-state index in [4.69, 9.17) is 10.5 Å². The Morgan fingerprint density at radius 1 is 1.02 bits per heavy atom. The minimum absolute atomic E-state index is 0.0649. The van der Waals surface area contributed by atoms with Gasteiger partial charge in [0.05, 0.1) is 35.7 Å². The molecule has 19 heteroatoms. The van der Waals surface area contributed by atoms with E-state index in [0.717, 1.165) is 17.4 Å². The van der Waals surface area contributed by atoms with Gasteiger partial charge in [-0.05, 0) is 53.5 Å². The van der Waals surface area contributed by atoms with Gasteiger partial charge in [-0.15, -0.1) is 0 Å². The molecule has 55 heavy (non-hydrogen) atoms.